The third-order valence-electron chi connectivity index (χ3n) is 3.48. The van der Waals surface area contributed by atoms with Gasteiger partial charge >= 0.3 is 0 Å². The predicted octanol–water partition coefficient (Wildman–Crippen LogP) is -0.420. The number of anilines is 1. The number of nitrogens with two attached hydrogens (primary N) is 3. The smallest absolute Gasteiger partial charge is 0.269 e. The Morgan fingerprint density at radius 1 is 1.00 bits per heavy atom. The molecule has 1 heterocycles. The predicted molar refractivity (Wildman–Crippen MR) is 96.4 cm³/mol. The minimum atomic E-state index is -0.649. The molecule has 0 aliphatic carbocycles. The second kappa shape index (κ2) is 8.58. The van der Waals surface area contributed by atoms with Gasteiger partial charge in [-0.25, -0.2) is 4.98 Å². The molecule has 136 valence electrons. The number of hydrogen-bond donors (Lipinski definition) is 5. The number of aromatic nitrogens is 1. The number of amides is 3. The third kappa shape index (κ3) is 5.02. The molecule has 0 radical (unpaired) electrons. The van der Waals surface area contributed by atoms with Gasteiger partial charge in [0.15, 0.2) is 0 Å². The summed E-state index contributed by atoms with van der Waals surface area (Å²) in [5.74, 6) is -1.60. The maximum atomic E-state index is 11.8. The SMILES string of the molecule is NCCNC(=O)c1ccc(NCc2cc(C(N)=O)cc(C(N)=O)c2)cn1. The van der Waals surface area contributed by atoms with Crippen LogP contribution in [0.2, 0.25) is 0 Å². The summed E-state index contributed by atoms with van der Waals surface area (Å²) in [4.78, 5) is 38.6. The summed E-state index contributed by atoms with van der Waals surface area (Å²) in [6, 6.07) is 7.76. The Hall–Kier alpha value is -3.46. The Kier molecular flexibility index (Phi) is 6.23. The fourth-order valence-corrected chi connectivity index (χ4v) is 2.19. The number of primary amides is 2. The lowest BCUT2D eigenvalue weighted by Crippen LogP contribution is -2.29. The van der Waals surface area contributed by atoms with Crippen molar-refractivity contribution >= 4 is 23.4 Å². The van der Waals surface area contributed by atoms with Gasteiger partial charge in [-0.05, 0) is 35.9 Å². The molecule has 0 saturated heterocycles. The van der Waals surface area contributed by atoms with Crippen molar-refractivity contribution in [3.63, 3.8) is 0 Å². The molecule has 2 rings (SSSR count). The van der Waals surface area contributed by atoms with Gasteiger partial charge in [0.1, 0.15) is 5.69 Å². The summed E-state index contributed by atoms with van der Waals surface area (Å²) >= 11 is 0. The van der Waals surface area contributed by atoms with Crippen LogP contribution in [0.25, 0.3) is 0 Å². The van der Waals surface area contributed by atoms with Crippen LogP contribution in [0.5, 0.6) is 0 Å². The first-order valence-corrected chi connectivity index (χ1v) is 7.82. The number of pyridine rings is 1. The summed E-state index contributed by atoms with van der Waals surface area (Å²) < 4.78 is 0. The largest absolute Gasteiger partial charge is 0.380 e. The lowest BCUT2D eigenvalue weighted by Gasteiger charge is -2.09. The summed E-state index contributed by atoms with van der Waals surface area (Å²) in [6.45, 7) is 1.03. The molecule has 0 fully saturated rings. The number of nitrogens with one attached hydrogen (secondary N) is 2. The van der Waals surface area contributed by atoms with Gasteiger partial charge < -0.3 is 27.8 Å². The van der Waals surface area contributed by atoms with E-state index in [1.807, 2.05) is 0 Å². The topological polar surface area (TPSA) is 166 Å². The van der Waals surface area contributed by atoms with E-state index < -0.39 is 11.8 Å². The van der Waals surface area contributed by atoms with Crippen LogP contribution in [0.1, 0.15) is 36.8 Å². The Bertz CT molecular complexity index is 787. The van der Waals surface area contributed by atoms with Crippen molar-refractivity contribution in [1.29, 1.82) is 0 Å². The van der Waals surface area contributed by atoms with Crippen LogP contribution < -0.4 is 27.8 Å². The highest BCUT2D eigenvalue weighted by Crippen LogP contribution is 2.13. The van der Waals surface area contributed by atoms with Crippen LogP contribution in [0.4, 0.5) is 5.69 Å². The molecule has 0 unspecified atom stereocenters. The number of rotatable bonds is 8. The Balaban J connectivity index is 2.07. The van der Waals surface area contributed by atoms with Gasteiger partial charge in [-0.1, -0.05) is 0 Å². The number of hydrogen-bond acceptors (Lipinski definition) is 6. The normalized spacial score (nSPS) is 10.2. The zero-order valence-corrected chi connectivity index (χ0v) is 14.0. The van der Waals surface area contributed by atoms with Gasteiger partial charge in [-0.3, -0.25) is 14.4 Å². The summed E-state index contributed by atoms with van der Waals surface area (Å²) in [6.07, 6.45) is 1.50. The molecule has 3 amide bonds. The number of benzene rings is 1. The van der Waals surface area contributed by atoms with E-state index in [1.54, 1.807) is 24.3 Å². The quantitative estimate of drug-likeness (QED) is 0.430. The molecule has 1 aromatic carbocycles. The fourth-order valence-electron chi connectivity index (χ4n) is 2.19. The Labute approximate surface area is 150 Å². The first-order chi connectivity index (χ1) is 12.4. The van der Waals surface area contributed by atoms with Gasteiger partial charge in [0, 0.05) is 30.8 Å². The van der Waals surface area contributed by atoms with E-state index in [0.29, 0.717) is 30.9 Å². The van der Waals surface area contributed by atoms with Gasteiger partial charge in [0.05, 0.1) is 11.9 Å². The van der Waals surface area contributed by atoms with Crippen molar-refractivity contribution < 1.29 is 14.4 Å². The van der Waals surface area contributed by atoms with Crippen LogP contribution in [0.15, 0.2) is 36.5 Å². The average molecular weight is 356 g/mol. The highest BCUT2D eigenvalue weighted by Gasteiger charge is 2.10. The highest BCUT2D eigenvalue weighted by molar-refractivity contribution is 5.98. The molecule has 9 nitrogen and oxygen atoms in total. The highest BCUT2D eigenvalue weighted by atomic mass is 16.2. The number of carbonyl (C=O) groups is 3. The maximum Gasteiger partial charge on any atom is 0.269 e. The maximum absolute atomic E-state index is 11.8. The first kappa shape index (κ1) is 18.9. The van der Waals surface area contributed by atoms with E-state index in [9.17, 15) is 14.4 Å². The zero-order chi connectivity index (χ0) is 19.1. The molecule has 26 heavy (non-hydrogen) atoms. The molecule has 0 saturated carbocycles. The van der Waals surface area contributed by atoms with E-state index in [0.717, 1.165) is 0 Å². The minimum absolute atomic E-state index is 0.197. The molecule has 0 spiro atoms. The van der Waals surface area contributed by atoms with Crippen molar-refractivity contribution in [3.8, 4) is 0 Å². The molecule has 8 N–H and O–H groups in total. The molecular weight excluding hydrogens is 336 g/mol. The molecule has 0 atom stereocenters. The zero-order valence-electron chi connectivity index (χ0n) is 14.0. The number of carbonyl (C=O) groups excluding carboxylic acids is 3. The lowest BCUT2D eigenvalue weighted by atomic mass is 10.0. The lowest BCUT2D eigenvalue weighted by molar-refractivity contribution is 0.0947. The van der Waals surface area contributed by atoms with Crippen molar-refractivity contribution in [2.45, 2.75) is 6.54 Å². The second-order valence-corrected chi connectivity index (χ2v) is 5.48. The van der Waals surface area contributed by atoms with Crippen molar-refractivity contribution in [1.82, 2.24) is 10.3 Å². The van der Waals surface area contributed by atoms with E-state index in [1.165, 1.54) is 12.3 Å². The van der Waals surface area contributed by atoms with Crippen LogP contribution in [-0.4, -0.2) is 35.8 Å². The van der Waals surface area contributed by atoms with Crippen LogP contribution in [-0.2, 0) is 6.54 Å². The molecule has 0 bridgehead atoms. The minimum Gasteiger partial charge on any atom is -0.380 e. The Morgan fingerprint density at radius 2 is 1.65 bits per heavy atom. The van der Waals surface area contributed by atoms with Crippen LogP contribution in [0, 0.1) is 0 Å². The van der Waals surface area contributed by atoms with Crippen molar-refractivity contribution in [2.24, 2.45) is 17.2 Å². The number of nitrogens with zero attached hydrogens (tertiary/aromatic N) is 1. The molecule has 0 aliphatic heterocycles. The van der Waals surface area contributed by atoms with Gasteiger partial charge in [0.25, 0.3) is 5.91 Å². The molecule has 0 aliphatic rings. The molecule has 9 heteroatoms. The van der Waals surface area contributed by atoms with Crippen LogP contribution >= 0.6 is 0 Å². The van der Waals surface area contributed by atoms with Crippen molar-refractivity contribution in [2.75, 3.05) is 18.4 Å². The molecular formula is C17H20N6O3. The van der Waals surface area contributed by atoms with E-state index in [2.05, 4.69) is 15.6 Å². The standard InChI is InChI=1S/C17H20N6O3/c18-3-4-21-17(26)14-2-1-13(9-23-14)22-8-10-5-11(15(19)24)7-12(6-10)16(20)25/h1-2,5-7,9,22H,3-4,8,18H2,(H2,19,24)(H2,20,25)(H,21,26). The summed E-state index contributed by atoms with van der Waals surface area (Å²) in [5, 5.41) is 5.71. The van der Waals surface area contributed by atoms with E-state index >= 15 is 0 Å². The summed E-state index contributed by atoms with van der Waals surface area (Å²) in [5.41, 5.74) is 17.9. The van der Waals surface area contributed by atoms with Gasteiger partial charge in [0.2, 0.25) is 11.8 Å². The average Bonchev–Trinajstić information content (AvgIpc) is 2.64. The monoisotopic (exact) mass is 356 g/mol. The van der Waals surface area contributed by atoms with Crippen molar-refractivity contribution in [3.05, 3.63) is 58.9 Å². The fraction of sp³-hybridized carbons (Fsp3) is 0.176. The summed E-state index contributed by atoms with van der Waals surface area (Å²) in [7, 11) is 0. The van der Waals surface area contributed by atoms with E-state index in [4.69, 9.17) is 17.2 Å². The van der Waals surface area contributed by atoms with Crippen LogP contribution in [0.3, 0.4) is 0 Å². The molecule has 2 aromatic rings. The first-order valence-electron chi connectivity index (χ1n) is 7.82. The van der Waals surface area contributed by atoms with E-state index in [-0.39, 0.29) is 22.7 Å². The van der Waals surface area contributed by atoms with Gasteiger partial charge in [-0.2, -0.15) is 0 Å². The van der Waals surface area contributed by atoms with Gasteiger partial charge in [-0.15, -0.1) is 0 Å². The third-order valence-corrected chi connectivity index (χ3v) is 3.48. The second-order valence-electron chi connectivity index (χ2n) is 5.48. The molecule has 1 aromatic heterocycles. The Morgan fingerprint density at radius 3 is 2.15 bits per heavy atom.